The number of nitrogens with zero attached hydrogens (tertiary/aromatic N) is 4. The second-order valence-corrected chi connectivity index (χ2v) is 6.57. The van der Waals surface area contributed by atoms with Crippen LogP contribution in [0.2, 0.25) is 0 Å². The summed E-state index contributed by atoms with van der Waals surface area (Å²) >= 11 is 0. The molecule has 0 unspecified atom stereocenters. The van der Waals surface area contributed by atoms with Crippen molar-refractivity contribution in [2.24, 2.45) is 0 Å². The van der Waals surface area contributed by atoms with Crippen molar-refractivity contribution in [2.75, 3.05) is 39.9 Å². The summed E-state index contributed by atoms with van der Waals surface area (Å²) in [6.07, 6.45) is 4.00. The van der Waals surface area contributed by atoms with E-state index in [2.05, 4.69) is 62.8 Å². The van der Waals surface area contributed by atoms with Gasteiger partial charge in [-0.05, 0) is 12.5 Å². The van der Waals surface area contributed by atoms with Gasteiger partial charge in [-0.15, -0.1) is 0 Å². The summed E-state index contributed by atoms with van der Waals surface area (Å²) in [6, 6.07) is 11.1. The van der Waals surface area contributed by atoms with Crippen LogP contribution in [0.1, 0.15) is 18.3 Å². The molecule has 0 amide bonds. The van der Waals surface area contributed by atoms with Gasteiger partial charge < -0.3 is 9.30 Å². The van der Waals surface area contributed by atoms with Crippen molar-refractivity contribution in [1.29, 1.82) is 0 Å². The van der Waals surface area contributed by atoms with Gasteiger partial charge in [-0.3, -0.25) is 9.80 Å². The topological polar surface area (TPSA) is 33.5 Å². The van der Waals surface area contributed by atoms with E-state index in [1.54, 1.807) is 7.11 Å². The minimum atomic E-state index is 0.562. The fraction of sp³-hybridized carbons (Fsp3) is 0.526. The van der Waals surface area contributed by atoms with Gasteiger partial charge in [0, 0.05) is 58.3 Å². The number of imidazole rings is 1. The van der Waals surface area contributed by atoms with E-state index < -0.39 is 0 Å². The van der Waals surface area contributed by atoms with Crippen LogP contribution in [0.4, 0.5) is 0 Å². The summed E-state index contributed by atoms with van der Waals surface area (Å²) in [4.78, 5) is 9.61. The molecule has 2 heterocycles. The van der Waals surface area contributed by atoms with E-state index in [4.69, 9.17) is 4.74 Å². The maximum atomic E-state index is 5.21. The molecule has 5 nitrogen and oxygen atoms in total. The van der Waals surface area contributed by atoms with E-state index >= 15 is 0 Å². The highest BCUT2D eigenvalue weighted by atomic mass is 16.5. The molecule has 5 heteroatoms. The molecule has 24 heavy (non-hydrogen) atoms. The second kappa shape index (κ2) is 8.42. The third kappa shape index (κ3) is 4.44. The molecule has 2 aromatic rings. The molecule has 1 aromatic heterocycles. The molecule has 1 atom stereocenters. The number of aromatic nitrogens is 2. The summed E-state index contributed by atoms with van der Waals surface area (Å²) < 4.78 is 7.47. The first-order chi connectivity index (χ1) is 11.8. The number of benzene rings is 1. The minimum absolute atomic E-state index is 0.562. The van der Waals surface area contributed by atoms with Crippen molar-refractivity contribution in [2.45, 2.75) is 26.1 Å². The maximum Gasteiger partial charge on any atom is 0.123 e. The van der Waals surface area contributed by atoms with Crippen molar-refractivity contribution in [3.05, 3.63) is 54.1 Å². The molecule has 0 aliphatic carbocycles. The zero-order valence-corrected chi connectivity index (χ0v) is 14.8. The Morgan fingerprint density at radius 3 is 2.75 bits per heavy atom. The second-order valence-electron chi connectivity index (χ2n) is 6.57. The zero-order valence-electron chi connectivity index (χ0n) is 14.8. The predicted molar refractivity (Wildman–Crippen MR) is 96.0 cm³/mol. The summed E-state index contributed by atoms with van der Waals surface area (Å²) in [5, 5.41) is 0. The van der Waals surface area contributed by atoms with Crippen LogP contribution in [0, 0.1) is 0 Å². The average molecular weight is 328 g/mol. The summed E-state index contributed by atoms with van der Waals surface area (Å²) in [5.74, 6) is 1.15. The number of ether oxygens (including phenoxy) is 1. The van der Waals surface area contributed by atoms with E-state index in [0.717, 1.165) is 51.7 Å². The van der Waals surface area contributed by atoms with Gasteiger partial charge in [0.15, 0.2) is 0 Å². The average Bonchev–Trinajstić information content (AvgIpc) is 3.02. The van der Waals surface area contributed by atoms with Crippen molar-refractivity contribution in [1.82, 2.24) is 19.4 Å². The van der Waals surface area contributed by atoms with Gasteiger partial charge >= 0.3 is 0 Å². The first-order valence-corrected chi connectivity index (χ1v) is 8.75. The SMILES string of the molecule is COCCN1CCN(Cc2nccn2Cc2ccccc2)C[C@@H]1C. The Morgan fingerprint density at radius 2 is 2.00 bits per heavy atom. The molecule has 0 N–H and O–H groups in total. The molecule has 0 bridgehead atoms. The van der Waals surface area contributed by atoms with Gasteiger partial charge in [0.1, 0.15) is 5.82 Å². The maximum absolute atomic E-state index is 5.21. The van der Waals surface area contributed by atoms with Crippen LogP contribution in [0.3, 0.4) is 0 Å². The molecule has 1 saturated heterocycles. The first kappa shape index (κ1) is 17.1. The van der Waals surface area contributed by atoms with Crippen LogP contribution >= 0.6 is 0 Å². The van der Waals surface area contributed by atoms with E-state index in [0.29, 0.717) is 6.04 Å². The predicted octanol–water partition coefficient (Wildman–Crippen LogP) is 2.08. The van der Waals surface area contributed by atoms with Gasteiger partial charge in [-0.2, -0.15) is 0 Å². The molecule has 1 aliphatic rings. The van der Waals surface area contributed by atoms with Crippen molar-refractivity contribution < 1.29 is 4.74 Å². The van der Waals surface area contributed by atoms with Crippen LogP contribution in [0.15, 0.2) is 42.7 Å². The normalized spacial score (nSPS) is 19.7. The molecule has 3 rings (SSSR count). The Kier molecular flexibility index (Phi) is 6.01. The molecular formula is C19H28N4O. The molecule has 0 spiro atoms. The highest BCUT2D eigenvalue weighted by Crippen LogP contribution is 2.13. The number of hydrogen-bond donors (Lipinski definition) is 0. The van der Waals surface area contributed by atoms with Crippen LogP contribution in [-0.2, 0) is 17.8 Å². The van der Waals surface area contributed by atoms with Crippen molar-refractivity contribution >= 4 is 0 Å². The Hall–Kier alpha value is -1.69. The molecule has 1 aliphatic heterocycles. The molecule has 1 fully saturated rings. The van der Waals surface area contributed by atoms with E-state index in [9.17, 15) is 0 Å². The van der Waals surface area contributed by atoms with E-state index in [1.165, 1.54) is 5.56 Å². The Balaban J connectivity index is 1.57. The van der Waals surface area contributed by atoms with Crippen molar-refractivity contribution in [3.63, 3.8) is 0 Å². The van der Waals surface area contributed by atoms with E-state index in [-0.39, 0.29) is 0 Å². The molecular weight excluding hydrogens is 300 g/mol. The first-order valence-electron chi connectivity index (χ1n) is 8.75. The highest BCUT2D eigenvalue weighted by molar-refractivity contribution is 5.15. The smallest absolute Gasteiger partial charge is 0.123 e. The zero-order chi connectivity index (χ0) is 16.8. The van der Waals surface area contributed by atoms with Gasteiger partial charge in [0.05, 0.1) is 13.2 Å². The molecule has 1 aromatic carbocycles. The Bertz CT molecular complexity index is 613. The number of rotatable bonds is 7. The van der Waals surface area contributed by atoms with Crippen LogP contribution < -0.4 is 0 Å². The lowest BCUT2D eigenvalue weighted by molar-refractivity contribution is 0.0542. The lowest BCUT2D eigenvalue weighted by Crippen LogP contribution is -2.52. The summed E-state index contributed by atoms with van der Waals surface area (Å²) in [5.41, 5.74) is 1.31. The van der Waals surface area contributed by atoms with Crippen LogP contribution in [-0.4, -0.2) is 65.3 Å². The Morgan fingerprint density at radius 1 is 1.17 bits per heavy atom. The van der Waals surface area contributed by atoms with Crippen LogP contribution in [0.25, 0.3) is 0 Å². The largest absolute Gasteiger partial charge is 0.383 e. The quantitative estimate of drug-likeness (QED) is 0.779. The molecule has 0 radical (unpaired) electrons. The number of hydrogen-bond acceptors (Lipinski definition) is 4. The lowest BCUT2D eigenvalue weighted by Gasteiger charge is -2.39. The molecule has 0 saturated carbocycles. The highest BCUT2D eigenvalue weighted by Gasteiger charge is 2.24. The monoisotopic (exact) mass is 328 g/mol. The van der Waals surface area contributed by atoms with Gasteiger partial charge in [-0.25, -0.2) is 4.98 Å². The summed E-state index contributed by atoms with van der Waals surface area (Å²) in [7, 11) is 1.77. The van der Waals surface area contributed by atoms with Crippen LogP contribution in [0.5, 0.6) is 0 Å². The van der Waals surface area contributed by atoms with Gasteiger partial charge in [0.2, 0.25) is 0 Å². The van der Waals surface area contributed by atoms with Gasteiger partial charge in [0.25, 0.3) is 0 Å². The third-order valence-electron chi connectivity index (χ3n) is 4.79. The van der Waals surface area contributed by atoms with Gasteiger partial charge in [-0.1, -0.05) is 30.3 Å². The minimum Gasteiger partial charge on any atom is -0.383 e. The fourth-order valence-electron chi connectivity index (χ4n) is 3.37. The Labute approximate surface area is 144 Å². The fourth-order valence-corrected chi connectivity index (χ4v) is 3.37. The summed E-state index contributed by atoms with van der Waals surface area (Å²) in [6.45, 7) is 9.22. The third-order valence-corrected chi connectivity index (χ3v) is 4.79. The standard InChI is InChI=1S/C19H28N4O/c1-17-14-21(10-11-22(17)12-13-24-2)16-19-20-8-9-23(19)15-18-6-4-3-5-7-18/h3-9,17H,10-16H2,1-2H3/t17-/m0/s1. The number of piperazine rings is 1. The van der Waals surface area contributed by atoms with E-state index in [1.807, 2.05) is 6.20 Å². The number of methoxy groups -OCH3 is 1. The lowest BCUT2D eigenvalue weighted by atomic mass is 10.2. The van der Waals surface area contributed by atoms with Crippen molar-refractivity contribution in [3.8, 4) is 0 Å². The molecule has 130 valence electrons.